The second-order valence-electron chi connectivity index (χ2n) is 6.31. The number of fused-ring (bicyclic) bond motifs is 1. The summed E-state index contributed by atoms with van der Waals surface area (Å²) in [5.74, 6) is 1.68. The molecule has 0 saturated heterocycles. The van der Waals surface area contributed by atoms with Crippen LogP contribution in [0, 0.1) is 0 Å². The molecule has 0 fully saturated rings. The van der Waals surface area contributed by atoms with Gasteiger partial charge in [0.2, 0.25) is 15.8 Å². The molecule has 3 heterocycles. The average molecular weight is 411 g/mol. The Morgan fingerprint density at radius 1 is 1.00 bits per heavy atom. The molecule has 0 aliphatic carbocycles. The molecular weight excluding hydrogens is 390 g/mol. The first-order valence-electron chi connectivity index (χ1n) is 8.97. The quantitative estimate of drug-likeness (QED) is 0.499. The smallest absolute Gasteiger partial charge is 0.214 e. The molecule has 0 bridgehead atoms. The van der Waals surface area contributed by atoms with Crippen LogP contribution in [-0.4, -0.2) is 40.9 Å². The molecule has 29 heavy (non-hydrogen) atoms. The van der Waals surface area contributed by atoms with Crippen molar-refractivity contribution >= 4 is 21.4 Å². The van der Waals surface area contributed by atoms with Crippen LogP contribution >= 0.6 is 11.3 Å². The van der Waals surface area contributed by atoms with Gasteiger partial charge in [0.05, 0.1) is 32.7 Å². The summed E-state index contributed by atoms with van der Waals surface area (Å²) in [5, 5.41) is 4.91. The van der Waals surface area contributed by atoms with Crippen molar-refractivity contribution in [3.8, 4) is 28.5 Å². The van der Waals surface area contributed by atoms with Gasteiger partial charge in [0.1, 0.15) is 0 Å². The highest BCUT2D eigenvalue weighted by Gasteiger charge is 2.21. The topological polar surface area (TPSA) is 96.8 Å². The van der Waals surface area contributed by atoms with Crippen molar-refractivity contribution < 1.29 is 14.2 Å². The number of imidazole rings is 1. The van der Waals surface area contributed by atoms with Gasteiger partial charge in [-0.1, -0.05) is 11.3 Å². The Morgan fingerprint density at radius 2 is 1.69 bits per heavy atom. The zero-order valence-electron chi connectivity index (χ0n) is 16.4. The number of aryl methyl sites for hydroxylation is 2. The van der Waals surface area contributed by atoms with E-state index in [-0.39, 0.29) is 0 Å². The number of rotatable bonds is 7. The van der Waals surface area contributed by atoms with Gasteiger partial charge in [-0.05, 0) is 42.7 Å². The fraction of sp³-hybridized carbons (Fsp3) is 0.250. The van der Waals surface area contributed by atoms with E-state index < -0.39 is 0 Å². The number of anilines is 1. The molecule has 2 N–H and O–H groups in total. The lowest BCUT2D eigenvalue weighted by atomic mass is 10.0. The first-order valence-corrected chi connectivity index (χ1v) is 9.79. The van der Waals surface area contributed by atoms with Gasteiger partial charge in [-0.3, -0.25) is 4.98 Å². The summed E-state index contributed by atoms with van der Waals surface area (Å²) in [7, 11) is 4.77. The largest absolute Gasteiger partial charge is 0.493 e. The van der Waals surface area contributed by atoms with E-state index in [1.807, 2.05) is 24.3 Å². The molecule has 4 rings (SSSR count). The zero-order valence-corrected chi connectivity index (χ0v) is 17.2. The van der Waals surface area contributed by atoms with E-state index in [4.69, 9.17) is 24.9 Å². The van der Waals surface area contributed by atoms with Gasteiger partial charge >= 0.3 is 0 Å². The Kier molecular flexibility index (Phi) is 5.22. The Morgan fingerprint density at radius 3 is 2.31 bits per heavy atom. The molecule has 0 amide bonds. The van der Waals surface area contributed by atoms with Crippen LogP contribution in [0.15, 0.2) is 36.7 Å². The van der Waals surface area contributed by atoms with E-state index >= 15 is 0 Å². The predicted molar refractivity (Wildman–Crippen MR) is 112 cm³/mol. The lowest BCUT2D eigenvalue weighted by Gasteiger charge is -2.14. The van der Waals surface area contributed by atoms with E-state index in [9.17, 15) is 0 Å². The van der Waals surface area contributed by atoms with Crippen molar-refractivity contribution in [2.24, 2.45) is 0 Å². The number of nitrogen functional groups attached to an aromatic ring is 1. The van der Waals surface area contributed by atoms with Crippen LogP contribution in [0.2, 0.25) is 0 Å². The Balaban J connectivity index is 1.83. The van der Waals surface area contributed by atoms with Crippen LogP contribution in [0.25, 0.3) is 16.2 Å². The fourth-order valence-electron chi connectivity index (χ4n) is 3.30. The zero-order chi connectivity index (χ0) is 20.4. The van der Waals surface area contributed by atoms with Crippen LogP contribution in [-0.2, 0) is 12.8 Å². The number of nitrogens with zero attached hydrogens (tertiary/aromatic N) is 4. The summed E-state index contributed by atoms with van der Waals surface area (Å²) in [6.45, 7) is 0. The number of nitrogens with two attached hydrogens (primary N) is 1. The lowest BCUT2D eigenvalue weighted by Crippen LogP contribution is -2.00. The highest BCUT2D eigenvalue weighted by molar-refractivity contribution is 7.20. The number of benzene rings is 1. The molecule has 3 aromatic heterocycles. The van der Waals surface area contributed by atoms with Crippen molar-refractivity contribution in [2.45, 2.75) is 12.8 Å². The van der Waals surface area contributed by atoms with Crippen LogP contribution in [0.1, 0.15) is 11.3 Å². The normalized spacial score (nSPS) is 11.0. The van der Waals surface area contributed by atoms with Crippen molar-refractivity contribution in [2.75, 3.05) is 27.1 Å². The third kappa shape index (κ3) is 3.56. The third-order valence-electron chi connectivity index (χ3n) is 4.63. The summed E-state index contributed by atoms with van der Waals surface area (Å²) in [4.78, 5) is 9.61. The average Bonchev–Trinajstić information content (AvgIpc) is 3.27. The highest BCUT2D eigenvalue weighted by Crippen LogP contribution is 2.42. The molecule has 1 aromatic carbocycles. The number of hydrogen-bond donors (Lipinski definition) is 1. The summed E-state index contributed by atoms with van der Waals surface area (Å²) in [6.07, 6.45) is 5.17. The van der Waals surface area contributed by atoms with E-state index in [2.05, 4.69) is 10.1 Å². The first-order chi connectivity index (χ1) is 14.1. The first kappa shape index (κ1) is 19.0. The number of aromatic nitrogens is 4. The highest BCUT2D eigenvalue weighted by atomic mass is 32.1. The van der Waals surface area contributed by atoms with Gasteiger partial charge in [0, 0.05) is 18.0 Å². The number of pyridine rings is 1. The molecule has 0 aliphatic rings. The molecule has 0 spiro atoms. The Bertz CT molecular complexity index is 1110. The van der Waals surface area contributed by atoms with Crippen LogP contribution in [0.3, 0.4) is 0 Å². The third-order valence-corrected chi connectivity index (χ3v) is 5.37. The Hall–Kier alpha value is -3.33. The van der Waals surface area contributed by atoms with E-state index in [1.54, 1.807) is 38.2 Å². The van der Waals surface area contributed by atoms with Crippen molar-refractivity contribution in [3.63, 3.8) is 0 Å². The molecule has 9 heteroatoms. The summed E-state index contributed by atoms with van der Waals surface area (Å²) in [5.41, 5.74) is 9.77. The Labute approximate surface area is 171 Å². The molecule has 4 aromatic rings. The maximum Gasteiger partial charge on any atom is 0.214 e. The van der Waals surface area contributed by atoms with Crippen LogP contribution in [0.5, 0.6) is 17.2 Å². The van der Waals surface area contributed by atoms with Gasteiger partial charge in [-0.15, -0.1) is 5.10 Å². The second-order valence-corrected chi connectivity index (χ2v) is 7.30. The monoisotopic (exact) mass is 411 g/mol. The SMILES string of the molecule is COc1cc(-c2c(CCc3ccncc3)nc3sc(N)nn23)cc(OC)c1OC. The summed E-state index contributed by atoms with van der Waals surface area (Å²) < 4.78 is 18.3. The molecule has 8 nitrogen and oxygen atoms in total. The molecule has 0 atom stereocenters. The van der Waals surface area contributed by atoms with Crippen LogP contribution < -0.4 is 19.9 Å². The standard InChI is InChI=1S/C20H21N5O3S/c1-26-15-10-13(11-16(27-2)18(15)28-3)17-14(5-4-12-6-8-22-9-7-12)23-20-25(17)24-19(21)29-20/h6-11H,4-5H2,1-3H3,(H2,21,24). The van der Waals surface area contributed by atoms with E-state index in [1.165, 1.54) is 16.9 Å². The molecule has 0 aliphatic heterocycles. The van der Waals surface area contributed by atoms with Gasteiger partial charge < -0.3 is 19.9 Å². The second kappa shape index (κ2) is 7.96. The molecule has 150 valence electrons. The molecule has 0 radical (unpaired) electrons. The van der Waals surface area contributed by atoms with Crippen molar-refractivity contribution in [1.29, 1.82) is 0 Å². The van der Waals surface area contributed by atoms with E-state index in [0.29, 0.717) is 22.4 Å². The maximum atomic E-state index is 5.93. The van der Waals surface area contributed by atoms with Crippen molar-refractivity contribution in [3.05, 3.63) is 47.9 Å². The number of methoxy groups -OCH3 is 3. The van der Waals surface area contributed by atoms with Crippen molar-refractivity contribution in [1.82, 2.24) is 19.6 Å². The van der Waals surface area contributed by atoms with Gasteiger partial charge in [0.25, 0.3) is 0 Å². The van der Waals surface area contributed by atoms with Crippen LogP contribution in [0.4, 0.5) is 5.13 Å². The minimum atomic E-state index is 0.460. The number of ether oxygens (including phenoxy) is 3. The van der Waals surface area contributed by atoms with Gasteiger partial charge in [-0.2, -0.15) is 0 Å². The number of hydrogen-bond acceptors (Lipinski definition) is 8. The van der Waals surface area contributed by atoms with Gasteiger partial charge in [0.15, 0.2) is 11.5 Å². The predicted octanol–water partition coefficient (Wildman–Crippen LogP) is 3.25. The maximum absolute atomic E-state index is 5.93. The van der Waals surface area contributed by atoms with Gasteiger partial charge in [-0.25, -0.2) is 9.50 Å². The minimum Gasteiger partial charge on any atom is -0.493 e. The fourth-order valence-corrected chi connectivity index (χ4v) is 3.98. The van der Waals surface area contributed by atoms with E-state index in [0.717, 1.165) is 34.8 Å². The minimum absolute atomic E-state index is 0.460. The molecular formula is C20H21N5O3S. The lowest BCUT2D eigenvalue weighted by molar-refractivity contribution is 0.324. The summed E-state index contributed by atoms with van der Waals surface area (Å²) in [6, 6.07) is 7.81. The molecule has 0 unspecified atom stereocenters. The summed E-state index contributed by atoms with van der Waals surface area (Å²) >= 11 is 1.35. The molecule has 0 saturated carbocycles.